The van der Waals surface area contributed by atoms with Crippen molar-refractivity contribution in [2.45, 2.75) is 32.2 Å². The van der Waals surface area contributed by atoms with Crippen molar-refractivity contribution in [2.24, 2.45) is 0 Å². The lowest BCUT2D eigenvalue weighted by atomic mass is 10.1. The molecule has 1 fully saturated rings. The maximum Gasteiger partial charge on any atom is 0.318 e. The number of carbonyl (C=O) groups is 1. The average molecular weight is 305 g/mol. The van der Waals surface area contributed by atoms with Crippen LogP contribution in [0.25, 0.3) is 0 Å². The Bertz CT molecular complexity index is 594. The minimum Gasteiger partial charge on any atom is -0.359 e. The Morgan fingerprint density at radius 1 is 1.62 bits per heavy atom. The van der Waals surface area contributed by atoms with Crippen molar-refractivity contribution < 1.29 is 9.32 Å². The SMILES string of the molecule is Cc1cc([C@@H]2CCCN2C(=O)NCCc2cccs2)on1. The number of hydrogen-bond acceptors (Lipinski definition) is 4. The second-order valence-electron chi connectivity index (χ2n) is 5.28. The maximum absolute atomic E-state index is 12.3. The van der Waals surface area contributed by atoms with E-state index in [0.717, 1.165) is 37.3 Å². The summed E-state index contributed by atoms with van der Waals surface area (Å²) in [4.78, 5) is 15.5. The Balaban J connectivity index is 1.55. The van der Waals surface area contributed by atoms with Gasteiger partial charge >= 0.3 is 6.03 Å². The van der Waals surface area contributed by atoms with Crippen LogP contribution in [-0.4, -0.2) is 29.2 Å². The normalized spacial score (nSPS) is 18.1. The number of hydrogen-bond donors (Lipinski definition) is 1. The second kappa shape index (κ2) is 6.30. The summed E-state index contributed by atoms with van der Waals surface area (Å²) >= 11 is 1.72. The number of carbonyl (C=O) groups excluding carboxylic acids is 1. The molecule has 5 nitrogen and oxygen atoms in total. The summed E-state index contributed by atoms with van der Waals surface area (Å²) in [5.41, 5.74) is 0.856. The second-order valence-corrected chi connectivity index (χ2v) is 6.32. The van der Waals surface area contributed by atoms with Crippen LogP contribution in [-0.2, 0) is 6.42 Å². The fourth-order valence-corrected chi connectivity index (χ4v) is 3.40. The molecule has 21 heavy (non-hydrogen) atoms. The molecule has 1 saturated heterocycles. The quantitative estimate of drug-likeness (QED) is 0.944. The van der Waals surface area contributed by atoms with E-state index in [4.69, 9.17) is 4.52 Å². The van der Waals surface area contributed by atoms with Crippen LogP contribution in [0.15, 0.2) is 28.1 Å². The first-order valence-corrected chi connectivity index (χ1v) is 8.12. The Morgan fingerprint density at radius 2 is 2.52 bits per heavy atom. The number of rotatable bonds is 4. The standard InChI is InChI=1S/C15H19N3O2S/c1-11-10-14(20-17-11)13-5-2-8-18(13)15(19)16-7-6-12-4-3-9-21-12/h3-4,9-10,13H,2,5-8H2,1H3,(H,16,19)/t13-/m0/s1. The van der Waals surface area contributed by atoms with Gasteiger partial charge in [0.2, 0.25) is 0 Å². The summed E-state index contributed by atoms with van der Waals surface area (Å²) in [7, 11) is 0. The highest BCUT2D eigenvalue weighted by Crippen LogP contribution is 2.32. The van der Waals surface area contributed by atoms with Crippen LogP contribution >= 0.6 is 11.3 Å². The first-order chi connectivity index (χ1) is 10.2. The van der Waals surface area contributed by atoms with Crippen molar-refractivity contribution in [3.05, 3.63) is 39.9 Å². The highest BCUT2D eigenvalue weighted by atomic mass is 32.1. The third-order valence-corrected chi connectivity index (χ3v) is 4.65. The van der Waals surface area contributed by atoms with Gasteiger partial charge in [-0.1, -0.05) is 11.2 Å². The van der Waals surface area contributed by atoms with Gasteiger partial charge in [-0.25, -0.2) is 4.79 Å². The molecular weight excluding hydrogens is 286 g/mol. The van der Waals surface area contributed by atoms with Crippen LogP contribution < -0.4 is 5.32 Å². The molecular formula is C15H19N3O2S. The van der Waals surface area contributed by atoms with Crippen LogP contribution in [0.4, 0.5) is 4.79 Å². The van der Waals surface area contributed by atoms with Gasteiger partial charge in [-0.3, -0.25) is 0 Å². The molecule has 3 heterocycles. The molecule has 0 saturated carbocycles. The fraction of sp³-hybridized carbons (Fsp3) is 0.467. The topological polar surface area (TPSA) is 58.4 Å². The number of nitrogens with one attached hydrogen (secondary N) is 1. The van der Waals surface area contributed by atoms with Crippen LogP contribution in [0, 0.1) is 6.92 Å². The zero-order chi connectivity index (χ0) is 14.7. The third-order valence-electron chi connectivity index (χ3n) is 3.72. The van der Waals surface area contributed by atoms with Crippen molar-refractivity contribution in [1.29, 1.82) is 0 Å². The molecule has 112 valence electrons. The largest absolute Gasteiger partial charge is 0.359 e. The maximum atomic E-state index is 12.3. The van der Waals surface area contributed by atoms with E-state index in [0.29, 0.717) is 6.54 Å². The Kier molecular flexibility index (Phi) is 4.24. The number of nitrogens with zero attached hydrogens (tertiary/aromatic N) is 2. The third kappa shape index (κ3) is 3.26. The Morgan fingerprint density at radius 3 is 3.24 bits per heavy atom. The molecule has 0 aromatic carbocycles. The predicted molar refractivity (Wildman–Crippen MR) is 81.3 cm³/mol. The molecule has 2 aromatic heterocycles. The van der Waals surface area contributed by atoms with E-state index in [1.807, 2.05) is 24.0 Å². The van der Waals surface area contributed by atoms with Crippen molar-refractivity contribution >= 4 is 17.4 Å². The molecule has 0 aliphatic carbocycles. The van der Waals surface area contributed by atoms with E-state index >= 15 is 0 Å². The van der Waals surface area contributed by atoms with E-state index in [1.165, 1.54) is 4.88 Å². The van der Waals surface area contributed by atoms with Gasteiger partial charge in [0, 0.05) is 24.0 Å². The van der Waals surface area contributed by atoms with Crippen molar-refractivity contribution in [3.63, 3.8) is 0 Å². The van der Waals surface area contributed by atoms with E-state index in [9.17, 15) is 4.79 Å². The first-order valence-electron chi connectivity index (χ1n) is 7.24. The molecule has 6 heteroatoms. The molecule has 1 aliphatic heterocycles. The van der Waals surface area contributed by atoms with Crippen LogP contribution in [0.5, 0.6) is 0 Å². The highest BCUT2D eigenvalue weighted by molar-refractivity contribution is 7.09. The van der Waals surface area contributed by atoms with Gasteiger partial charge in [0.05, 0.1) is 11.7 Å². The lowest BCUT2D eigenvalue weighted by molar-refractivity contribution is 0.182. The summed E-state index contributed by atoms with van der Waals surface area (Å²) in [5, 5.41) is 8.98. The summed E-state index contributed by atoms with van der Waals surface area (Å²) in [6, 6.07) is 6.05. The van der Waals surface area contributed by atoms with Gasteiger partial charge in [0.1, 0.15) is 0 Å². The lowest BCUT2D eigenvalue weighted by Crippen LogP contribution is -2.40. The summed E-state index contributed by atoms with van der Waals surface area (Å²) in [6.07, 6.45) is 2.82. The zero-order valence-electron chi connectivity index (χ0n) is 12.0. The van der Waals surface area contributed by atoms with Crippen LogP contribution in [0.1, 0.15) is 35.2 Å². The number of thiophene rings is 1. The smallest absolute Gasteiger partial charge is 0.318 e. The molecule has 1 N–H and O–H groups in total. The molecule has 0 spiro atoms. The van der Waals surface area contributed by atoms with E-state index in [-0.39, 0.29) is 12.1 Å². The van der Waals surface area contributed by atoms with E-state index in [1.54, 1.807) is 11.3 Å². The number of likely N-dealkylation sites (tertiary alicyclic amines) is 1. The summed E-state index contributed by atoms with van der Waals surface area (Å²) < 4.78 is 5.32. The molecule has 0 radical (unpaired) electrons. The van der Waals surface area contributed by atoms with Crippen molar-refractivity contribution in [2.75, 3.05) is 13.1 Å². The van der Waals surface area contributed by atoms with Gasteiger partial charge in [0.15, 0.2) is 5.76 Å². The van der Waals surface area contributed by atoms with Gasteiger partial charge in [-0.15, -0.1) is 11.3 Å². The zero-order valence-corrected chi connectivity index (χ0v) is 12.9. The highest BCUT2D eigenvalue weighted by Gasteiger charge is 2.32. The van der Waals surface area contributed by atoms with Gasteiger partial charge < -0.3 is 14.7 Å². The monoisotopic (exact) mass is 305 g/mol. The summed E-state index contributed by atoms with van der Waals surface area (Å²) in [5.74, 6) is 0.790. The van der Waals surface area contributed by atoms with Crippen LogP contribution in [0.3, 0.4) is 0 Å². The van der Waals surface area contributed by atoms with Gasteiger partial charge in [0.25, 0.3) is 0 Å². The Labute approximate surface area is 127 Å². The molecule has 2 aromatic rings. The average Bonchev–Trinajstić information content (AvgIpc) is 3.18. The lowest BCUT2D eigenvalue weighted by Gasteiger charge is -2.22. The molecule has 1 atom stereocenters. The van der Waals surface area contributed by atoms with E-state index < -0.39 is 0 Å². The molecule has 2 amide bonds. The molecule has 1 aliphatic rings. The number of amides is 2. The Hall–Kier alpha value is -1.82. The molecule has 0 bridgehead atoms. The van der Waals surface area contributed by atoms with Gasteiger partial charge in [-0.05, 0) is 37.6 Å². The fourth-order valence-electron chi connectivity index (χ4n) is 2.69. The van der Waals surface area contributed by atoms with Gasteiger partial charge in [-0.2, -0.15) is 0 Å². The van der Waals surface area contributed by atoms with Crippen molar-refractivity contribution in [1.82, 2.24) is 15.4 Å². The number of aromatic nitrogens is 1. The van der Waals surface area contributed by atoms with Crippen LogP contribution in [0.2, 0.25) is 0 Å². The molecule has 3 rings (SSSR count). The molecule has 0 unspecified atom stereocenters. The first kappa shape index (κ1) is 14.1. The minimum atomic E-state index is -0.0110. The predicted octanol–water partition coefficient (Wildman–Crippen LogP) is 3.13. The number of aryl methyl sites for hydroxylation is 1. The minimum absolute atomic E-state index is 0.0110. The summed E-state index contributed by atoms with van der Waals surface area (Å²) in [6.45, 7) is 3.33. The number of urea groups is 1. The van der Waals surface area contributed by atoms with Crippen molar-refractivity contribution in [3.8, 4) is 0 Å². The van der Waals surface area contributed by atoms with E-state index in [2.05, 4.69) is 21.9 Å².